The predicted octanol–water partition coefficient (Wildman–Crippen LogP) is 4.00. The lowest BCUT2D eigenvalue weighted by molar-refractivity contribution is 0.0227. The fraction of sp³-hybridized carbons (Fsp3) is 0.471. The highest BCUT2D eigenvalue weighted by atomic mass is 32.1. The maximum absolute atomic E-state index is 12.3. The van der Waals surface area contributed by atoms with Gasteiger partial charge in [-0.15, -0.1) is 11.3 Å². The van der Waals surface area contributed by atoms with Crippen molar-refractivity contribution in [2.24, 2.45) is 4.99 Å². The third-order valence-electron chi connectivity index (χ3n) is 3.65. The number of methoxy groups -OCH3 is 1. The van der Waals surface area contributed by atoms with Crippen molar-refractivity contribution < 1.29 is 18.8 Å². The zero-order chi connectivity index (χ0) is 18.0. The second-order valence-electron chi connectivity index (χ2n) is 6.68. The number of fused-ring (bicyclic) bond motifs is 1. The maximum atomic E-state index is 12.3. The molecule has 0 saturated carbocycles. The summed E-state index contributed by atoms with van der Waals surface area (Å²) < 4.78 is 15.8. The van der Waals surface area contributed by atoms with E-state index in [0.717, 1.165) is 21.0 Å². The molecule has 0 N–H and O–H groups in total. The number of hydrogen-bond acceptors (Lipinski definition) is 7. The molecule has 0 saturated heterocycles. The Bertz CT molecular complexity index is 775. The first-order valence-electron chi connectivity index (χ1n) is 7.98. The number of carbonyl (C=O) groups is 1. The van der Waals surface area contributed by atoms with Crippen LogP contribution in [0.3, 0.4) is 0 Å². The van der Waals surface area contributed by atoms with Gasteiger partial charge in [0.05, 0.1) is 25.4 Å². The Hall–Kier alpha value is -2.35. The molecule has 1 aliphatic heterocycles. The predicted molar refractivity (Wildman–Crippen MR) is 95.3 cm³/mol. The number of aromatic nitrogens is 1. The molecule has 7 nitrogen and oxygen atoms in total. The summed E-state index contributed by atoms with van der Waals surface area (Å²) in [6.45, 7) is 6.69. The van der Waals surface area contributed by atoms with Crippen LogP contribution in [0.5, 0.6) is 0 Å². The lowest BCUT2D eigenvalue weighted by Crippen LogP contribution is -2.39. The van der Waals surface area contributed by atoms with Crippen LogP contribution in [0.15, 0.2) is 21.8 Å². The van der Waals surface area contributed by atoms with E-state index in [2.05, 4.69) is 10.1 Å². The van der Waals surface area contributed by atoms with Gasteiger partial charge in [0.25, 0.3) is 0 Å². The Kier molecular flexibility index (Phi) is 4.80. The van der Waals surface area contributed by atoms with Gasteiger partial charge in [-0.25, -0.2) is 9.79 Å². The molecule has 0 aromatic carbocycles. The smallest absolute Gasteiger partial charge is 0.410 e. The normalized spacial score (nSPS) is 14.6. The molecule has 0 atom stereocenters. The number of nitrogens with zero attached hydrogens (tertiary/aromatic N) is 3. The molecule has 2 aromatic rings. The number of ether oxygens (including phenoxy) is 2. The topological polar surface area (TPSA) is 77.2 Å². The molecule has 3 rings (SSSR count). The Morgan fingerprint density at radius 3 is 2.92 bits per heavy atom. The van der Waals surface area contributed by atoms with Crippen LogP contribution in [-0.2, 0) is 22.4 Å². The Morgan fingerprint density at radius 1 is 1.48 bits per heavy atom. The van der Waals surface area contributed by atoms with Crippen LogP contribution in [0.25, 0.3) is 11.3 Å². The van der Waals surface area contributed by atoms with Gasteiger partial charge in [-0.2, -0.15) is 0 Å². The van der Waals surface area contributed by atoms with Crippen LogP contribution in [0.4, 0.5) is 9.80 Å². The van der Waals surface area contributed by atoms with Gasteiger partial charge >= 0.3 is 6.09 Å². The van der Waals surface area contributed by atoms with Gasteiger partial charge in [0.1, 0.15) is 10.6 Å². The highest BCUT2D eigenvalue weighted by molar-refractivity contribution is 7.16. The third kappa shape index (κ3) is 3.84. The molecule has 0 bridgehead atoms. The summed E-state index contributed by atoms with van der Waals surface area (Å²) in [5, 5.41) is 4.58. The summed E-state index contributed by atoms with van der Waals surface area (Å²) >= 11 is 1.52. The summed E-state index contributed by atoms with van der Waals surface area (Å²) in [6, 6.07) is 1.81. The molecule has 2 aromatic heterocycles. The van der Waals surface area contributed by atoms with E-state index in [9.17, 15) is 4.79 Å². The van der Waals surface area contributed by atoms with Gasteiger partial charge in [-0.05, 0) is 32.8 Å². The van der Waals surface area contributed by atoms with Crippen molar-refractivity contribution >= 4 is 28.8 Å². The molecule has 3 heterocycles. The fourth-order valence-electron chi connectivity index (χ4n) is 2.66. The highest BCUT2D eigenvalue weighted by Gasteiger charge is 2.30. The van der Waals surface area contributed by atoms with Gasteiger partial charge in [-0.1, -0.05) is 5.16 Å². The second-order valence-corrected chi connectivity index (χ2v) is 7.77. The zero-order valence-corrected chi connectivity index (χ0v) is 15.6. The minimum Gasteiger partial charge on any atom is -0.486 e. The molecular formula is C17H21N3O4S. The van der Waals surface area contributed by atoms with Crippen LogP contribution < -0.4 is 0 Å². The van der Waals surface area contributed by atoms with Crippen molar-refractivity contribution in [3.8, 4) is 11.3 Å². The van der Waals surface area contributed by atoms with Crippen molar-refractivity contribution in [3.63, 3.8) is 0 Å². The molecule has 1 aliphatic rings. The number of aliphatic imine (C=N–C) groups is 1. The first-order valence-corrected chi connectivity index (χ1v) is 8.79. The van der Waals surface area contributed by atoms with Crippen LogP contribution in [0, 0.1) is 0 Å². The van der Waals surface area contributed by atoms with Crippen LogP contribution in [0.2, 0.25) is 0 Å². The van der Waals surface area contributed by atoms with Gasteiger partial charge in [0.2, 0.25) is 0 Å². The molecule has 0 radical (unpaired) electrons. The summed E-state index contributed by atoms with van der Waals surface area (Å²) in [5.41, 5.74) is 1.56. The molecule has 0 spiro atoms. The number of thiophene rings is 1. The number of carbonyl (C=O) groups excluding carboxylic acids is 1. The van der Waals surface area contributed by atoms with Crippen LogP contribution in [-0.4, -0.2) is 41.8 Å². The lowest BCUT2D eigenvalue weighted by Gasteiger charge is -2.30. The van der Waals surface area contributed by atoms with Crippen molar-refractivity contribution in [2.75, 3.05) is 13.7 Å². The van der Waals surface area contributed by atoms with Gasteiger partial charge in [0, 0.05) is 17.5 Å². The average Bonchev–Trinajstić information content (AvgIpc) is 3.17. The summed E-state index contributed by atoms with van der Waals surface area (Å²) in [4.78, 5) is 19.5. The summed E-state index contributed by atoms with van der Waals surface area (Å²) in [6.07, 6.45) is 3.42. The second kappa shape index (κ2) is 6.87. The number of amides is 1. The quantitative estimate of drug-likeness (QED) is 0.608. The fourth-order valence-corrected chi connectivity index (χ4v) is 3.86. The van der Waals surface area contributed by atoms with Crippen LogP contribution in [0.1, 0.15) is 31.2 Å². The van der Waals surface area contributed by atoms with Gasteiger partial charge in [-0.3, -0.25) is 0 Å². The molecular weight excluding hydrogens is 342 g/mol. The molecule has 0 fully saturated rings. The molecule has 1 amide bonds. The Labute approximate surface area is 150 Å². The van der Waals surface area contributed by atoms with Crippen molar-refractivity contribution in [1.82, 2.24) is 10.1 Å². The average molecular weight is 363 g/mol. The third-order valence-corrected chi connectivity index (χ3v) is 4.77. The van der Waals surface area contributed by atoms with E-state index in [1.54, 1.807) is 18.2 Å². The minimum absolute atomic E-state index is 0.297. The SMILES string of the molecule is COC=Nc1sc2c(c1-c1ccno1)CCN(C(=O)OC(C)(C)C)C2. The Balaban J connectivity index is 1.91. The van der Waals surface area contributed by atoms with Crippen LogP contribution >= 0.6 is 11.3 Å². The molecule has 8 heteroatoms. The van der Waals surface area contributed by atoms with Gasteiger partial charge < -0.3 is 18.9 Å². The summed E-state index contributed by atoms with van der Waals surface area (Å²) in [5.74, 6) is 0.673. The molecule has 25 heavy (non-hydrogen) atoms. The molecule has 0 unspecified atom stereocenters. The van der Waals surface area contributed by atoms with E-state index in [4.69, 9.17) is 14.0 Å². The highest BCUT2D eigenvalue weighted by Crippen LogP contribution is 2.45. The van der Waals surface area contributed by atoms with E-state index in [1.165, 1.54) is 17.7 Å². The summed E-state index contributed by atoms with van der Waals surface area (Å²) in [7, 11) is 1.55. The van der Waals surface area contributed by atoms with Crippen molar-refractivity contribution in [2.45, 2.75) is 39.3 Å². The monoisotopic (exact) mass is 363 g/mol. The van der Waals surface area contributed by atoms with E-state index in [-0.39, 0.29) is 6.09 Å². The van der Waals surface area contributed by atoms with Crippen molar-refractivity contribution in [3.05, 3.63) is 22.7 Å². The zero-order valence-electron chi connectivity index (χ0n) is 14.7. The van der Waals surface area contributed by atoms with Crippen molar-refractivity contribution in [1.29, 1.82) is 0 Å². The standard InChI is InChI=1S/C17H21N3O4S/c1-17(2,3)23-16(21)20-8-6-11-13(9-20)25-15(18-10-22-4)14(11)12-5-7-19-24-12/h5,7,10H,6,8-9H2,1-4H3. The van der Waals surface area contributed by atoms with E-state index in [1.807, 2.05) is 26.8 Å². The maximum Gasteiger partial charge on any atom is 0.410 e. The largest absolute Gasteiger partial charge is 0.486 e. The first kappa shape index (κ1) is 17.5. The number of rotatable bonds is 3. The minimum atomic E-state index is -0.508. The Morgan fingerprint density at radius 2 is 2.28 bits per heavy atom. The van der Waals surface area contributed by atoms with Gasteiger partial charge in [0.15, 0.2) is 12.2 Å². The van der Waals surface area contributed by atoms with E-state index >= 15 is 0 Å². The molecule has 0 aliphatic carbocycles. The van der Waals surface area contributed by atoms with E-state index in [0.29, 0.717) is 25.3 Å². The first-order chi connectivity index (χ1) is 11.9. The lowest BCUT2D eigenvalue weighted by atomic mass is 10.0. The van der Waals surface area contributed by atoms with E-state index < -0.39 is 5.60 Å². The number of hydrogen-bond donors (Lipinski definition) is 0. The molecule has 134 valence electrons.